The number of aliphatic hydroxyl groups excluding tert-OH is 1. The van der Waals surface area contributed by atoms with Crippen molar-refractivity contribution in [1.29, 1.82) is 0 Å². The highest BCUT2D eigenvalue weighted by Crippen LogP contribution is 2.16. The first-order valence-electron chi connectivity index (χ1n) is 7.10. The van der Waals surface area contributed by atoms with Crippen LogP contribution in [0.1, 0.15) is 22.5 Å². The standard InChI is InChI=1S/C16H21N3O2/c1-18-9-7-13(11-18)12-19(2)16(21)15-14(6-4-10-20)5-3-8-17-15/h3,5,8,13,20H,7,9-12H2,1-2H3. The maximum Gasteiger partial charge on any atom is 0.273 e. The van der Waals surface area contributed by atoms with Gasteiger partial charge in [-0.1, -0.05) is 11.8 Å². The molecule has 0 spiro atoms. The fraction of sp³-hybridized carbons (Fsp3) is 0.500. The van der Waals surface area contributed by atoms with Crippen LogP contribution in [-0.4, -0.2) is 66.1 Å². The van der Waals surface area contributed by atoms with Crippen LogP contribution in [0.15, 0.2) is 18.3 Å². The molecule has 5 heteroatoms. The lowest BCUT2D eigenvalue weighted by Crippen LogP contribution is -2.33. The molecule has 1 amide bonds. The van der Waals surface area contributed by atoms with Gasteiger partial charge < -0.3 is 14.9 Å². The number of likely N-dealkylation sites (tertiary alicyclic amines) is 1. The number of aliphatic hydroxyl groups is 1. The van der Waals surface area contributed by atoms with Crippen molar-refractivity contribution in [3.05, 3.63) is 29.6 Å². The number of carbonyl (C=O) groups is 1. The first-order chi connectivity index (χ1) is 10.1. The van der Waals surface area contributed by atoms with Gasteiger partial charge in [0.25, 0.3) is 5.91 Å². The Bertz CT molecular complexity index is 562. The van der Waals surface area contributed by atoms with Gasteiger partial charge in [-0.15, -0.1) is 0 Å². The second-order valence-corrected chi connectivity index (χ2v) is 5.46. The van der Waals surface area contributed by atoms with Crippen molar-refractivity contribution >= 4 is 5.91 Å². The van der Waals surface area contributed by atoms with Crippen molar-refractivity contribution in [2.75, 3.05) is 40.3 Å². The van der Waals surface area contributed by atoms with Gasteiger partial charge in [-0.2, -0.15) is 0 Å². The summed E-state index contributed by atoms with van der Waals surface area (Å²) in [5, 5.41) is 8.79. The number of carbonyl (C=O) groups excluding carboxylic acids is 1. The Morgan fingerprint density at radius 3 is 3.10 bits per heavy atom. The van der Waals surface area contributed by atoms with Crippen molar-refractivity contribution in [2.24, 2.45) is 5.92 Å². The van der Waals surface area contributed by atoms with Crippen molar-refractivity contribution < 1.29 is 9.90 Å². The van der Waals surface area contributed by atoms with Crippen LogP contribution in [0.25, 0.3) is 0 Å². The number of pyridine rings is 1. The Hall–Kier alpha value is -1.90. The zero-order valence-electron chi connectivity index (χ0n) is 12.5. The van der Waals surface area contributed by atoms with E-state index in [1.165, 1.54) is 0 Å². The van der Waals surface area contributed by atoms with E-state index in [2.05, 4.69) is 28.8 Å². The van der Waals surface area contributed by atoms with Gasteiger partial charge in [0.15, 0.2) is 0 Å². The molecule has 0 saturated carbocycles. The van der Waals surface area contributed by atoms with Gasteiger partial charge in [-0.05, 0) is 38.1 Å². The SMILES string of the molecule is CN1CCC(CN(C)C(=O)c2ncccc2C#CCO)C1. The van der Waals surface area contributed by atoms with E-state index in [4.69, 9.17) is 5.11 Å². The van der Waals surface area contributed by atoms with E-state index >= 15 is 0 Å². The Labute approximate surface area is 125 Å². The van der Waals surface area contributed by atoms with E-state index in [9.17, 15) is 4.79 Å². The molecule has 1 atom stereocenters. The molecule has 5 nitrogen and oxygen atoms in total. The molecule has 0 aliphatic carbocycles. The normalized spacial score (nSPS) is 18.1. The van der Waals surface area contributed by atoms with Gasteiger partial charge in [0.2, 0.25) is 0 Å². The summed E-state index contributed by atoms with van der Waals surface area (Å²) in [5.74, 6) is 5.74. The van der Waals surface area contributed by atoms with Crippen molar-refractivity contribution in [1.82, 2.24) is 14.8 Å². The Balaban J connectivity index is 2.08. The largest absolute Gasteiger partial charge is 0.384 e. The molecule has 1 aliphatic heterocycles. The van der Waals surface area contributed by atoms with Crippen LogP contribution in [0.5, 0.6) is 0 Å². The maximum atomic E-state index is 12.5. The average Bonchev–Trinajstić information content (AvgIpc) is 2.89. The van der Waals surface area contributed by atoms with Gasteiger partial charge in [-0.25, -0.2) is 4.98 Å². The third-order valence-electron chi connectivity index (χ3n) is 3.68. The number of hydrogen-bond acceptors (Lipinski definition) is 4. The molecule has 2 heterocycles. The molecule has 1 aromatic rings. The fourth-order valence-corrected chi connectivity index (χ4v) is 2.64. The summed E-state index contributed by atoms with van der Waals surface area (Å²) in [6.07, 6.45) is 2.71. The molecule has 112 valence electrons. The fourth-order valence-electron chi connectivity index (χ4n) is 2.64. The molecule has 21 heavy (non-hydrogen) atoms. The van der Waals surface area contributed by atoms with Gasteiger partial charge in [0, 0.05) is 26.3 Å². The Morgan fingerprint density at radius 2 is 2.43 bits per heavy atom. The Morgan fingerprint density at radius 1 is 1.62 bits per heavy atom. The van der Waals surface area contributed by atoms with Crippen LogP contribution in [-0.2, 0) is 0 Å². The van der Waals surface area contributed by atoms with Gasteiger partial charge in [0.05, 0.1) is 5.56 Å². The predicted octanol–water partition coefficient (Wildman–Crippen LogP) is 0.449. The summed E-state index contributed by atoms with van der Waals surface area (Å²) in [4.78, 5) is 20.7. The molecule has 0 aromatic carbocycles. The number of nitrogens with zero attached hydrogens (tertiary/aromatic N) is 3. The van der Waals surface area contributed by atoms with E-state index < -0.39 is 0 Å². The number of rotatable bonds is 3. The lowest BCUT2D eigenvalue weighted by atomic mass is 10.1. The number of aromatic nitrogens is 1. The summed E-state index contributed by atoms with van der Waals surface area (Å²) in [5.41, 5.74) is 0.916. The topological polar surface area (TPSA) is 56.7 Å². The number of amides is 1. The summed E-state index contributed by atoms with van der Waals surface area (Å²) >= 11 is 0. The molecule has 1 unspecified atom stereocenters. The minimum absolute atomic E-state index is 0.118. The van der Waals surface area contributed by atoms with Crippen LogP contribution in [0, 0.1) is 17.8 Å². The second kappa shape index (κ2) is 7.21. The van der Waals surface area contributed by atoms with Crippen LogP contribution in [0.2, 0.25) is 0 Å². The summed E-state index contributed by atoms with van der Waals surface area (Å²) in [6.45, 7) is 2.61. The molecular weight excluding hydrogens is 266 g/mol. The van der Waals surface area contributed by atoms with E-state index in [1.807, 2.05) is 0 Å². The molecule has 0 radical (unpaired) electrons. The molecule has 1 aliphatic rings. The zero-order chi connectivity index (χ0) is 15.2. The summed E-state index contributed by atoms with van der Waals surface area (Å²) < 4.78 is 0. The van der Waals surface area contributed by atoms with Crippen molar-refractivity contribution in [3.8, 4) is 11.8 Å². The van der Waals surface area contributed by atoms with E-state index in [-0.39, 0.29) is 12.5 Å². The van der Waals surface area contributed by atoms with Crippen LogP contribution in [0.4, 0.5) is 0 Å². The second-order valence-electron chi connectivity index (χ2n) is 5.46. The first-order valence-corrected chi connectivity index (χ1v) is 7.10. The van der Waals surface area contributed by atoms with Crippen LogP contribution >= 0.6 is 0 Å². The maximum absolute atomic E-state index is 12.5. The summed E-state index contributed by atoms with van der Waals surface area (Å²) in [6, 6.07) is 3.49. The smallest absolute Gasteiger partial charge is 0.273 e. The third kappa shape index (κ3) is 4.03. The Kier molecular flexibility index (Phi) is 5.32. The van der Waals surface area contributed by atoms with Crippen molar-refractivity contribution in [3.63, 3.8) is 0 Å². The highest BCUT2D eigenvalue weighted by atomic mass is 16.2. The van der Waals surface area contributed by atoms with Crippen molar-refractivity contribution in [2.45, 2.75) is 6.42 Å². The van der Waals surface area contributed by atoms with Crippen LogP contribution < -0.4 is 0 Å². The van der Waals surface area contributed by atoms with Gasteiger partial charge >= 0.3 is 0 Å². The predicted molar refractivity (Wildman–Crippen MR) is 80.8 cm³/mol. The molecule has 2 rings (SSSR count). The van der Waals surface area contributed by atoms with Gasteiger partial charge in [-0.3, -0.25) is 4.79 Å². The molecule has 1 N–H and O–H groups in total. The molecule has 1 fully saturated rings. The minimum atomic E-state index is -0.229. The van der Waals surface area contributed by atoms with E-state index in [1.54, 1.807) is 30.3 Å². The third-order valence-corrected chi connectivity index (χ3v) is 3.68. The molecular formula is C16H21N3O2. The van der Waals surface area contributed by atoms with E-state index in [0.29, 0.717) is 17.2 Å². The molecule has 0 bridgehead atoms. The van der Waals surface area contributed by atoms with Gasteiger partial charge in [0.1, 0.15) is 12.3 Å². The summed E-state index contributed by atoms with van der Waals surface area (Å²) in [7, 11) is 3.90. The van der Waals surface area contributed by atoms with Crippen LogP contribution in [0.3, 0.4) is 0 Å². The number of hydrogen-bond donors (Lipinski definition) is 1. The average molecular weight is 287 g/mol. The molecule has 1 aromatic heterocycles. The lowest BCUT2D eigenvalue weighted by Gasteiger charge is -2.21. The molecule has 1 saturated heterocycles. The first kappa shape index (κ1) is 15.5. The monoisotopic (exact) mass is 287 g/mol. The highest BCUT2D eigenvalue weighted by molar-refractivity contribution is 5.94. The zero-order valence-corrected chi connectivity index (χ0v) is 12.5. The quantitative estimate of drug-likeness (QED) is 0.820. The van der Waals surface area contributed by atoms with E-state index in [0.717, 1.165) is 26.1 Å². The minimum Gasteiger partial charge on any atom is -0.384 e. The highest BCUT2D eigenvalue weighted by Gasteiger charge is 2.24. The lowest BCUT2D eigenvalue weighted by molar-refractivity contribution is 0.0768.